The van der Waals surface area contributed by atoms with Crippen LogP contribution < -0.4 is 4.72 Å². The van der Waals surface area contributed by atoms with Gasteiger partial charge in [0.2, 0.25) is 10.0 Å². The Kier molecular flexibility index (Phi) is 5.80. The summed E-state index contributed by atoms with van der Waals surface area (Å²) in [6.45, 7) is 0. The largest absolute Gasteiger partial charge is 0.478 e. The third-order valence-electron chi connectivity index (χ3n) is 4.06. The van der Waals surface area contributed by atoms with E-state index in [-0.39, 0.29) is 38.1 Å². The van der Waals surface area contributed by atoms with E-state index in [4.69, 9.17) is 23.2 Å². The van der Waals surface area contributed by atoms with E-state index in [1.807, 2.05) is 0 Å². The van der Waals surface area contributed by atoms with Gasteiger partial charge in [-0.05, 0) is 35.9 Å². The standard InChI is InChI=1S/C19H14Cl2N2O6S/c1-30(28,29)23-11-4-2-3-9(5-11)12(18(24)25)8-13-16-14(21)6-10(20)7-15(16)22-17(13)19(26)27/h2-8,22-23H,1H3,(H,24,25)(H,26,27)/b12-8+. The molecule has 0 aliphatic rings. The predicted molar refractivity (Wildman–Crippen MR) is 116 cm³/mol. The van der Waals surface area contributed by atoms with E-state index in [1.165, 1.54) is 42.5 Å². The number of hydrogen-bond donors (Lipinski definition) is 4. The second-order valence-electron chi connectivity index (χ2n) is 6.35. The highest BCUT2D eigenvalue weighted by Crippen LogP contribution is 2.35. The third-order valence-corrected chi connectivity index (χ3v) is 5.19. The molecule has 1 aromatic heterocycles. The monoisotopic (exact) mass is 468 g/mol. The zero-order chi connectivity index (χ0) is 22.2. The fourth-order valence-corrected chi connectivity index (χ4v) is 4.11. The van der Waals surface area contributed by atoms with E-state index in [0.29, 0.717) is 10.9 Å². The average molecular weight is 469 g/mol. The molecule has 2 aromatic carbocycles. The van der Waals surface area contributed by atoms with Crippen molar-refractivity contribution in [2.45, 2.75) is 0 Å². The Hall–Kier alpha value is -3.01. The van der Waals surface area contributed by atoms with Crippen molar-refractivity contribution in [3.05, 3.63) is 63.3 Å². The van der Waals surface area contributed by atoms with Crippen molar-refractivity contribution in [2.24, 2.45) is 0 Å². The van der Waals surface area contributed by atoms with Crippen LogP contribution in [0.15, 0.2) is 36.4 Å². The van der Waals surface area contributed by atoms with Crippen molar-refractivity contribution >= 4 is 73.4 Å². The summed E-state index contributed by atoms with van der Waals surface area (Å²) in [7, 11) is -3.58. The summed E-state index contributed by atoms with van der Waals surface area (Å²) in [5.41, 5.74) is 0.169. The van der Waals surface area contributed by atoms with E-state index < -0.39 is 22.0 Å². The van der Waals surface area contributed by atoms with Gasteiger partial charge in [-0.25, -0.2) is 18.0 Å². The number of aromatic amines is 1. The molecule has 3 rings (SSSR count). The second kappa shape index (κ2) is 8.02. The summed E-state index contributed by atoms with van der Waals surface area (Å²) >= 11 is 12.2. The molecule has 0 radical (unpaired) electrons. The van der Waals surface area contributed by atoms with Crippen LogP contribution in [0, 0.1) is 0 Å². The lowest BCUT2D eigenvalue weighted by Gasteiger charge is -2.08. The molecule has 0 bridgehead atoms. The fourth-order valence-electron chi connectivity index (χ4n) is 2.96. The number of carboxylic acids is 2. The zero-order valence-electron chi connectivity index (χ0n) is 15.2. The highest BCUT2D eigenvalue weighted by molar-refractivity contribution is 7.92. The number of benzene rings is 2. The molecule has 8 nitrogen and oxygen atoms in total. The Morgan fingerprint density at radius 3 is 2.43 bits per heavy atom. The van der Waals surface area contributed by atoms with Gasteiger partial charge in [-0.15, -0.1) is 0 Å². The van der Waals surface area contributed by atoms with Gasteiger partial charge in [-0.2, -0.15) is 0 Å². The molecule has 0 saturated carbocycles. The minimum absolute atomic E-state index is 0.0537. The lowest BCUT2D eigenvalue weighted by Crippen LogP contribution is -2.10. The molecule has 0 amide bonds. The number of aliphatic carboxylic acids is 1. The number of sulfonamides is 1. The van der Waals surface area contributed by atoms with Gasteiger partial charge in [0.1, 0.15) is 5.69 Å². The summed E-state index contributed by atoms with van der Waals surface area (Å²) < 4.78 is 25.2. The molecule has 3 aromatic rings. The Bertz CT molecular complexity index is 1330. The van der Waals surface area contributed by atoms with Crippen LogP contribution in [0.3, 0.4) is 0 Å². The van der Waals surface area contributed by atoms with E-state index in [9.17, 15) is 28.2 Å². The molecule has 30 heavy (non-hydrogen) atoms. The van der Waals surface area contributed by atoms with Crippen LogP contribution >= 0.6 is 23.2 Å². The van der Waals surface area contributed by atoms with Gasteiger partial charge in [0, 0.05) is 27.2 Å². The molecule has 156 valence electrons. The molecule has 1 heterocycles. The molecule has 4 N–H and O–H groups in total. The molecule has 0 atom stereocenters. The number of aromatic carboxylic acids is 1. The van der Waals surface area contributed by atoms with E-state index >= 15 is 0 Å². The van der Waals surface area contributed by atoms with Gasteiger partial charge in [0.25, 0.3) is 0 Å². The highest BCUT2D eigenvalue weighted by Gasteiger charge is 2.21. The number of fused-ring (bicyclic) bond motifs is 1. The summed E-state index contributed by atoms with van der Waals surface area (Å²) in [5, 5.41) is 20.0. The van der Waals surface area contributed by atoms with Crippen LogP contribution in [0.25, 0.3) is 22.6 Å². The van der Waals surface area contributed by atoms with Gasteiger partial charge in [-0.3, -0.25) is 4.72 Å². The minimum Gasteiger partial charge on any atom is -0.478 e. The third kappa shape index (κ3) is 4.59. The molecule has 0 saturated heterocycles. The van der Waals surface area contributed by atoms with Gasteiger partial charge in [-0.1, -0.05) is 35.3 Å². The average Bonchev–Trinajstić information content (AvgIpc) is 2.96. The number of halogens is 2. The fraction of sp³-hybridized carbons (Fsp3) is 0.0526. The van der Waals surface area contributed by atoms with E-state index in [1.54, 1.807) is 0 Å². The van der Waals surface area contributed by atoms with Crippen LogP contribution in [-0.2, 0) is 14.8 Å². The maximum absolute atomic E-state index is 12.0. The lowest BCUT2D eigenvalue weighted by atomic mass is 10.0. The molecule has 11 heteroatoms. The van der Waals surface area contributed by atoms with Crippen molar-refractivity contribution in [3.63, 3.8) is 0 Å². The van der Waals surface area contributed by atoms with Crippen molar-refractivity contribution in [1.82, 2.24) is 4.98 Å². The first-order chi connectivity index (χ1) is 14.0. The van der Waals surface area contributed by atoms with Crippen molar-refractivity contribution < 1.29 is 28.2 Å². The van der Waals surface area contributed by atoms with Gasteiger partial charge >= 0.3 is 11.9 Å². The molecule has 0 spiro atoms. The number of hydrogen-bond acceptors (Lipinski definition) is 4. The maximum atomic E-state index is 12.0. The summed E-state index contributed by atoms with van der Waals surface area (Å²) in [4.78, 5) is 26.4. The molecular formula is C19H14Cl2N2O6S. The number of carboxylic acid groups (broad SMARTS) is 2. The smallest absolute Gasteiger partial charge is 0.352 e. The molecule has 0 aliphatic heterocycles. The van der Waals surface area contributed by atoms with E-state index in [2.05, 4.69) is 9.71 Å². The number of aromatic nitrogens is 1. The Morgan fingerprint density at radius 1 is 1.13 bits per heavy atom. The summed E-state index contributed by atoms with van der Waals surface area (Å²) in [6, 6.07) is 8.61. The van der Waals surface area contributed by atoms with Gasteiger partial charge in [0.15, 0.2) is 0 Å². The highest BCUT2D eigenvalue weighted by atomic mass is 35.5. The van der Waals surface area contributed by atoms with Crippen molar-refractivity contribution in [2.75, 3.05) is 11.0 Å². The topological polar surface area (TPSA) is 137 Å². The van der Waals surface area contributed by atoms with Crippen LogP contribution in [0.2, 0.25) is 10.0 Å². The SMILES string of the molecule is CS(=O)(=O)Nc1cccc(/C(=C\c2c(C(=O)O)[nH]c3cc(Cl)cc(Cl)c23)C(=O)O)c1. The summed E-state index contributed by atoms with van der Waals surface area (Å²) in [5.74, 6) is -2.66. The van der Waals surface area contributed by atoms with Gasteiger partial charge < -0.3 is 15.2 Å². The van der Waals surface area contributed by atoms with E-state index in [0.717, 1.165) is 6.26 Å². The quantitative estimate of drug-likeness (QED) is 0.400. The Labute approximate surface area is 180 Å². The summed E-state index contributed by atoms with van der Waals surface area (Å²) in [6.07, 6.45) is 2.13. The minimum atomic E-state index is -3.58. The molecule has 0 aliphatic carbocycles. The van der Waals surface area contributed by atoms with Crippen LogP contribution in [0.1, 0.15) is 21.6 Å². The van der Waals surface area contributed by atoms with Gasteiger partial charge in [0.05, 0.1) is 16.9 Å². The first-order valence-corrected chi connectivity index (χ1v) is 10.9. The second-order valence-corrected chi connectivity index (χ2v) is 8.94. The van der Waals surface area contributed by atoms with Crippen LogP contribution in [-0.4, -0.2) is 41.8 Å². The first kappa shape index (κ1) is 21.7. The maximum Gasteiger partial charge on any atom is 0.352 e. The number of nitrogens with one attached hydrogen (secondary N) is 2. The predicted octanol–water partition coefficient (Wildman–Crippen LogP) is 4.17. The van der Waals surface area contributed by atoms with Crippen LogP contribution in [0.5, 0.6) is 0 Å². The lowest BCUT2D eigenvalue weighted by molar-refractivity contribution is -0.130. The zero-order valence-corrected chi connectivity index (χ0v) is 17.6. The number of H-pyrrole nitrogens is 1. The van der Waals surface area contributed by atoms with Crippen molar-refractivity contribution in [3.8, 4) is 0 Å². The number of anilines is 1. The number of rotatable bonds is 6. The number of carbonyl (C=O) groups is 2. The molecule has 0 fully saturated rings. The van der Waals surface area contributed by atoms with Crippen LogP contribution in [0.4, 0.5) is 5.69 Å². The Morgan fingerprint density at radius 2 is 1.83 bits per heavy atom. The molecular weight excluding hydrogens is 455 g/mol. The normalized spacial score (nSPS) is 12.2. The Balaban J connectivity index is 2.26. The molecule has 0 unspecified atom stereocenters. The van der Waals surface area contributed by atoms with Crippen molar-refractivity contribution in [1.29, 1.82) is 0 Å². The first-order valence-electron chi connectivity index (χ1n) is 8.23.